The zero-order valence-corrected chi connectivity index (χ0v) is 10.2. The van der Waals surface area contributed by atoms with Crippen LogP contribution in [0.1, 0.15) is 10.4 Å². The van der Waals surface area contributed by atoms with Crippen molar-refractivity contribution in [3.8, 4) is 0 Å². The summed E-state index contributed by atoms with van der Waals surface area (Å²) in [5, 5.41) is 12.9. The van der Waals surface area contributed by atoms with Crippen LogP contribution in [0.5, 0.6) is 0 Å². The summed E-state index contributed by atoms with van der Waals surface area (Å²) >= 11 is 0. The van der Waals surface area contributed by atoms with E-state index in [9.17, 15) is 23.2 Å². The highest BCUT2D eigenvalue weighted by molar-refractivity contribution is 6.00. The zero-order chi connectivity index (χ0) is 15.3. The number of carbonyl (C=O) groups excluding carboxylic acids is 2. The highest BCUT2D eigenvalue weighted by Gasteiger charge is 2.17. The predicted octanol–water partition coefficient (Wildman–Crippen LogP) is 0.958. The van der Waals surface area contributed by atoms with E-state index in [-0.39, 0.29) is 0 Å². The zero-order valence-electron chi connectivity index (χ0n) is 10.2. The molecule has 0 aromatic heterocycles. The minimum atomic E-state index is -1.55. The van der Waals surface area contributed by atoms with Crippen LogP contribution in [0.25, 0.3) is 0 Å². The number of carboxylic acids is 1. The van der Waals surface area contributed by atoms with Gasteiger partial charge in [-0.15, -0.1) is 0 Å². The summed E-state index contributed by atoms with van der Waals surface area (Å²) < 4.78 is 30.2. The second-order valence-corrected chi connectivity index (χ2v) is 3.50. The Kier molecular flexibility index (Phi) is 4.95. The third kappa shape index (κ3) is 3.90. The van der Waals surface area contributed by atoms with E-state index >= 15 is 0 Å². The summed E-state index contributed by atoms with van der Waals surface area (Å²) in [6.07, 6.45) is 0. The van der Waals surface area contributed by atoms with Gasteiger partial charge in [-0.1, -0.05) is 0 Å². The van der Waals surface area contributed by atoms with E-state index in [0.717, 1.165) is 7.11 Å². The Labute approximate surface area is 111 Å². The van der Waals surface area contributed by atoms with Gasteiger partial charge in [0.2, 0.25) is 0 Å². The van der Waals surface area contributed by atoms with E-state index in [2.05, 4.69) is 4.74 Å². The lowest BCUT2D eigenvalue weighted by atomic mass is 10.1. The largest absolute Gasteiger partial charge is 0.478 e. The second-order valence-electron chi connectivity index (χ2n) is 3.50. The number of ether oxygens (including phenoxy) is 1. The van der Waals surface area contributed by atoms with Crippen LogP contribution in [0.2, 0.25) is 0 Å². The molecule has 0 radical (unpaired) electrons. The number of amides is 2. The first kappa shape index (κ1) is 15.3. The first-order valence-electron chi connectivity index (χ1n) is 5.19. The van der Waals surface area contributed by atoms with Crippen molar-refractivity contribution in [3.05, 3.63) is 29.3 Å². The molecule has 7 nitrogen and oxygen atoms in total. The number of carbonyl (C=O) groups is 3. The first-order valence-corrected chi connectivity index (χ1v) is 5.19. The lowest BCUT2D eigenvalue weighted by Crippen LogP contribution is -2.34. The summed E-state index contributed by atoms with van der Waals surface area (Å²) in [5.74, 6) is -4.96. The molecule has 3 N–H and O–H groups in total. The van der Waals surface area contributed by atoms with Crippen LogP contribution in [0.15, 0.2) is 12.1 Å². The van der Waals surface area contributed by atoms with E-state index in [4.69, 9.17) is 5.11 Å². The van der Waals surface area contributed by atoms with Gasteiger partial charge in [0.05, 0.1) is 18.4 Å². The summed E-state index contributed by atoms with van der Waals surface area (Å²) in [7, 11) is 1.11. The van der Waals surface area contributed by atoms with Gasteiger partial charge < -0.3 is 20.5 Å². The number of carboxylic acid groups (broad SMARTS) is 1. The van der Waals surface area contributed by atoms with Crippen molar-refractivity contribution in [1.82, 2.24) is 5.32 Å². The van der Waals surface area contributed by atoms with Crippen molar-refractivity contribution in [3.63, 3.8) is 0 Å². The molecule has 0 atom stereocenters. The minimum absolute atomic E-state index is 0.438. The third-order valence-electron chi connectivity index (χ3n) is 2.16. The standard InChI is InChI=1S/C11H10F2N2O5/c1-20-9(16)4-14-11(19)15-8-3-7(13)6(12)2-5(8)10(17)18/h2-3H,4H2,1H3,(H,17,18)(H2,14,15,19). The third-order valence-corrected chi connectivity index (χ3v) is 2.16. The minimum Gasteiger partial charge on any atom is -0.478 e. The fraction of sp³-hybridized carbons (Fsp3) is 0.182. The Balaban J connectivity index is 2.86. The van der Waals surface area contributed by atoms with E-state index < -0.39 is 47.4 Å². The van der Waals surface area contributed by atoms with Crippen LogP contribution >= 0.6 is 0 Å². The normalized spacial score (nSPS) is 9.75. The maximum atomic E-state index is 13.0. The smallest absolute Gasteiger partial charge is 0.337 e. The molecule has 9 heteroatoms. The van der Waals surface area contributed by atoms with E-state index in [1.165, 1.54) is 0 Å². The lowest BCUT2D eigenvalue weighted by Gasteiger charge is -2.10. The number of rotatable bonds is 4. The van der Waals surface area contributed by atoms with Gasteiger partial charge in [0.1, 0.15) is 6.54 Å². The Morgan fingerprint density at radius 2 is 1.85 bits per heavy atom. The Morgan fingerprint density at radius 1 is 1.25 bits per heavy atom. The molecule has 0 spiro atoms. The molecule has 0 fully saturated rings. The Morgan fingerprint density at radius 3 is 2.40 bits per heavy atom. The lowest BCUT2D eigenvalue weighted by molar-refractivity contribution is -0.139. The molecular weight excluding hydrogens is 278 g/mol. The average molecular weight is 288 g/mol. The van der Waals surface area contributed by atoms with Gasteiger partial charge in [0.15, 0.2) is 11.6 Å². The molecule has 1 aromatic rings. The van der Waals surface area contributed by atoms with Crippen molar-refractivity contribution >= 4 is 23.7 Å². The van der Waals surface area contributed by atoms with Gasteiger partial charge in [-0.25, -0.2) is 18.4 Å². The number of esters is 1. The molecule has 0 saturated carbocycles. The molecule has 20 heavy (non-hydrogen) atoms. The number of benzene rings is 1. The Bertz CT molecular complexity index is 562. The highest BCUT2D eigenvalue weighted by atomic mass is 19.2. The number of methoxy groups -OCH3 is 1. The van der Waals surface area contributed by atoms with Gasteiger partial charge in [0, 0.05) is 6.07 Å². The van der Waals surface area contributed by atoms with Gasteiger partial charge >= 0.3 is 18.0 Å². The average Bonchev–Trinajstić information content (AvgIpc) is 2.39. The van der Waals surface area contributed by atoms with Crippen LogP contribution < -0.4 is 10.6 Å². The number of urea groups is 1. The SMILES string of the molecule is COC(=O)CNC(=O)Nc1cc(F)c(F)cc1C(=O)O. The van der Waals surface area contributed by atoms with Gasteiger partial charge in [-0.05, 0) is 6.07 Å². The van der Waals surface area contributed by atoms with Gasteiger partial charge in [-0.2, -0.15) is 0 Å². The molecule has 108 valence electrons. The molecule has 0 unspecified atom stereocenters. The van der Waals surface area contributed by atoms with Crippen LogP contribution in [-0.2, 0) is 9.53 Å². The number of halogens is 2. The second kappa shape index (κ2) is 6.45. The van der Waals surface area contributed by atoms with E-state index in [1.807, 2.05) is 10.6 Å². The maximum absolute atomic E-state index is 13.0. The predicted molar refractivity (Wildman–Crippen MR) is 62.4 cm³/mol. The Hall–Kier alpha value is -2.71. The van der Waals surface area contributed by atoms with Gasteiger partial charge in [0.25, 0.3) is 0 Å². The topological polar surface area (TPSA) is 105 Å². The summed E-state index contributed by atoms with van der Waals surface area (Å²) in [5.41, 5.74) is -1.07. The van der Waals surface area contributed by atoms with E-state index in [0.29, 0.717) is 12.1 Å². The van der Waals surface area contributed by atoms with Crippen LogP contribution in [0, 0.1) is 11.6 Å². The number of hydrogen-bond acceptors (Lipinski definition) is 4. The molecular formula is C11H10F2N2O5. The molecule has 0 aliphatic carbocycles. The molecule has 2 amide bonds. The molecule has 1 rings (SSSR count). The number of hydrogen-bond donors (Lipinski definition) is 3. The monoisotopic (exact) mass is 288 g/mol. The first-order chi connectivity index (χ1) is 9.35. The molecule has 0 bridgehead atoms. The maximum Gasteiger partial charge on any atom is 0.337 e. The van der Waals surface area contributed by atoms with Crippen LogP contribution in [0.4, 0.5) is 19.3 Å². The van der Waals surface area contributed by atoms with Crippen molar-refractivity contribution in [2.45, 2.75) is 0 Å². The summed E-state index contributed by atoms with van der Waals surface area (Å²) in [6.45, 7) is -0.464. The van der Waals surface area contributed by atoms with E-state index in [1.54, 1.807) is 0 Å². The quantitative estimate of drug-likeness (QED) is 0.716. The van der Waals surface area contributed by atoms with Crippen molar-refractivity contribution < 1.29 is 33.0 Å². The molecule has 0 heterocycles. The summed E-state index contributed by atoms with van der Waals surface area (Å²) in [6, 6.07) is -0.00621. The fourth-order valence-electron chi connectivity index (χ4n) is 1.22. The van der Waals surface area contributed by atoms with Crippen molar-refractivity contribution in [2.75, 3.05) is 19.0 Å². The molecule has 1 aromatic carbocycles. The number of aromatic carboxylic acids is 1. The van der Waals surface area contributed by atoms with Crippen LogP contribution in [-0.4, -0.2) is 36.7 Å². The van der Waals surface area contributed by atoms with Gasteiger partial charge in [-0.3, -0.25) is 4.79 Å². The number of nitrogens with one attached hydrogen (secondary N) is 2. The highest BCUT2D eigenvalue weighted by Crippen LogP contribution is 2.20. The summed E-state index contributed by atoms with van der Waals surface area (Å²) in [4.78, 5) is 33.0. The number of anilines is 1. The van der Waals surface area contributed by atoms with Crippen molar-refractivity contribution in [1.29, 1.82) is 0 Å². The fourth-order valence-corrected chi connectivity index (χ4v) is 1.22. The molecule has 0 saturated heterocycles. The molecule has 0 aliphatic rings. The molecule has 0 aliphatic heterocycles. The van der Waals surface area contributed by atoms with Crippen LogP contribution in [0.3, 0.4) is 0 Å². The van der Waals surface area contributed by atoms with Crippen molar-refractivity contribution in [2.24, 2.45) is 0 Å².